The Hall–Kier alpha value is -1.87. The van der Waals surface area contributed by atoms with Crippen LogP contribution in [0.3, 0.4) is 0 Å². The molecule has 0 aliphatic carbocycles. The van der Waals surface area contributed by atoms with Crippen molar-refractivity contribution in [3.8, 4) is 0 Å². The summed E-state index contributed by atoms with van der Waals surface area (Å²) < 4.78 is 4.63. The van der Waals surface area contributed by atoms with Gasteiger partial charge in [0.05, 0.1) is 24.7 Å². The van der Waals surface area contributed by atoms with Crippen molar-refractivity contribution >= 4 is 40.7 Å². The smallest absolute Gasteiger partial charge is 0.350 e. The van der Waals surface area contributed by atoms with Crippen LogP contribution in [0.4, 0.5) is 5.69 Å². The first kappa shape index (κ1) is 13.6. The number of hydrogen-bond acceptors (Lipinski definition) is 7. The van der Waals surface area contributed by atoms with Gasteiger partial charge >= 0.3 is 5.97 Å². The maximum Gasteiger partial charge on any atom is 0.350 e. The summed E-state index contributed by atoms with van der Waals surface area (Å²) in [6.45, 7) is 0. The van der Waals surface area contributed by atoms with Gasteiger partial charge in [-0.15, -0.1) is 16.4 Å². The van der Waals surface area contributed by atoms with E-state index in [4.69, 9.17) is 0 Å². The number of esters is 1. The topological polar surface area (TPSA) is 97.0 Å². The number of amides is 1. The largest absolute Gasteiger partial charge is 0.465 e. The molecule has 0 aliphatic rings. The molecule has 0 atom stereocenters. The van der Waals surface area contributed by atoms with E-state index >= 15 is 0 Å². The Morgan fingerprint density at radius 3 is 3.11 bits per heavy atom. The van der Waals surface area contributed by atoms with Gasteiger partial charge in [-0.1, -0.05) is 11.8 Å². The fourth-order valence-corrected chi connectivity index (χ4v) is 2.59. The minimum atomic E-state index is -0.463. The number of ether oxygens (including phenoxy) is 1. The summed E-state index contributed by atoms with van der Waals surface area (Å²) >= 11 is 2.46. The monoisotopic (exact) mass is 298 g/mol. The highest BCUT2D eigenvalue weighted by Gasteiger charge is 2.15. The van der Waals surface area contributed by atoms with E-state index in [0.717, 1.165) is 0 Å². The number of methoxy groups -OCH3 is 1. The number of thiophene rings is 1. The van der Waals surface area contributed by atoms with Gasteiger partial charge in [-0.25, -0.2) is 4.79 Å². The molecule has 2 rings (SSSR count). The van der Waals surface area contributed by atoms with Gasteiger partial charge in [-0.3, -0.25) is 4.79 Å². The normalized spacial score (nSPS) is 10.2. The number of rotatable bonds is 5. The van der Waals surface area contributed by atoms with E-state index in [-0.39, 0.29) is 11.7 Å². The van der Waals surface area contributed by atoms with Crippen molar-refractivity contribution in [2.75, 3.05) is 18.2 Å². The summed E-state index contributed by atoms with van der Waals surface area (Å²) in [5, 5.41) is 14.9. The molecular formula is C10H10N4O3S2. The number of aromatic nitrogens is 3. The number of hydrogen-bond donors (Lipinski definition) is 2. The zero-order valence-corrected chi connectivity index (χ0v) is 11.5. The number of nitrogens with one attached hydrogen (secondary N) is 2. The summed E-state index contributed by atoms with van der Waals surface area (Å²) in [7, 11) is 1.30. The number of thioether (sulfide) groups is 1. The third kappa shape index (κ3) is 3.55. The first-order chi connectivity index (χ1) is 9.20. The summed E-state index contributed by atoms with van der Waals surface area (Å²) in [6, 6.07) is 1.66. The number of H-pyrrole nitrogens is 1. The molecule has 0 aromatic carbocycles. The zero-order valence-electron chi connectivity index (χ0n) is 9.87. The molecular weight excluding hydrogens is 288 g/mol. The van der Waals surface area contributed by atoms with E-state index in [1.165, 1.54) is 36.4 Å². The Labute approximate surface area is 116 Å². The van der Waals surface area contributed by atoms with Crippen LogP contribution in [-0.4, -0.2) is 40.1 Å². The van der Waals surface area contributed by atoms with Gasteiger partial charge in [0, 0.05) is 0 Å². The van der Waals surface area contributed by atoms with E-state index in [2.05, 4.69) is 25.5 Å². The van der Waals surface area contributed by atoms with Crippen LogP contribution in [0.15, 0.2) is 22.7 Å². The molecule has 7 nitrogen and oxygen atoms in total. The van der Waals surface area contributed by atoms with Crippen molar-refractivity contribution in [1.82, 2.24) is 15.4 Å². The molecule has 1 amide bonds. The fourth-order valence-electron chi connectivity index (χ4n) is 1.24. The molecule has 2 N–H and O–H groups in total. The molecule has 2 heterocycles. The van der Waals surface area contributed by atoms with Crippen molar-refractivity contribution < 1.29 is 14.3 Å². The van der Waals surface area contributed by atoms with Gasteiger partial charge in [-0.2, -0.15) is 10.3 Å². The summed E-state index contributed by atoms with van der Waals surface area (Å²) in [6.07, 6.45) is 1.53. The summed E-state index contributed by atoms with van der Waals surface area (Å²) in [5.74, 6) is -0.505. The Kier molecular flexibility index (Phi) is 4.53. The van der Waals surface area contributed by atoms with Crippen LogP contribution in [0, 0.1) is 0 Å². The lowest BCUT2D eigenvalue weighted by molar-refractivity contribution is -0.113. The van der Waals surface area contributed by atoms with Crippen LogP contribution in [0.25, 0.3) is 0 Å². The van der Waals surface area contributed by atoms with Crippen LogP contribution < -0.4 is 5.32 Å². The van der Waals surface area contributed by atoms with Gasteiger partial charge in [-0.05, 0) is 11.4 Å². The van der Waals surface area contributed by atoms with Crippen LogP contribution in [-0.2, 0) is 9.53 Å². The highest BCUT2D eigenvalue weighted by atomic mass is 32.2. The lowest BCUT2D eigenvalue weighted by atomic mass is 10.4. The second-order valence-electron chi connectivity index (χ2n) is 3.30. The van der Waals surface area contributed by atoms with Gasteiger partial charge in [0.25, 0.3) is 0 Å². The number of nitrogens with zero attached hydrogens (tertiary/aromatic N) is 2. The molecule has 100 valence electrons. The van der Waals surface area contributed by atoms with E-state index < -0.39 is 5.97 Å². The highest BCUT2D eigenvalue weighted by molar-refractivity contribution is 7.99. The molecule has 0 bridgehead atoms. The van der Waals surface area contributed by atoms with Crippen LogP contribution >= 0.6 is 23.1 Å². The standard InChI is InChI=1S/C10H10N4O3S2/c1-17-10(16)9-6(2-3-18-9)12-7(15)5-19-8-4-11-14-13-8/h2-4H,5H2,1H3,(H,12,15)(H,11,13,14). The zero-order chi connectivity index (χ0) is 13.7. The average Bonchev–Trinajstić information content (AvgIpc) is 3.06. The van der Waals surface area contributed by atoms with Crippen molar-refractivity contribution in [3.63, 3.8) is 0 Å². The Morgan fingerprint density at radius 2 is 2.42 bits per heavy atom. The SMILES string of the molecule is COC(=O)c1sccc1NC(=O)CSc1cn[nH]n1. The van der Waals surface area contributed by atoms with Gasteiger partial charge in [0.2, 0.25) is 5.91 Å². The molecule has 0 spiro atoms. The van der Waals surface area contributed by atoms with E-state index in [1.54, 1.807) is 11.4 Å². The van der Waals surface area contributed by atoms with E-state index in [9.17, 15) is 9.59 Å². The minimum Gasteiger partial charge on any atom is -0.465 e. The van der Waals surface area contributed by atoms with Crippen molar-refractivity contribution in [2.45, 2.75) is 5.03 Å². The van der Waals surface area contributed by atoms with Crippen LogP contribution in [0.5, 0.6) is 0 Å². The van der Waals surface area contributed by atoms with Crippen molar-refractivity contribution in [3.05, 3.63) is 22.5 Å². The van der Waals surface area contributed by atoms with Crippen LogP contribution in [0.1, 0.15) is 9.67 Å². The number of anilines is 1. The third-order valence-electron chi connectivity index (χ3n) is 2.05. The first-order valence-corrected chi connectivity index (χ1v) is 7.01. The predicted octanol–water partition coefficient (Wildman–Crippen LogP) is 1.38. The maximum absolute atomic E-state index is 11.7. The number of carbonyl (C=O) groups is 2. The second-order valence-corrected chi connectivity index (χ2v) is 5.21. The Bertz CT molecular complexity index is 567. The molecule has 0 fully saturated rings. The third-order valence-corrected chi connectivity index (χ3v) is 3.85. The molecule has 2 aromatic rings. The maximum atomic E-state index is 11.7. The number of aromatic amines is 1. The first-order valence-electron chi connectivity index (χ1n) is 5.15. The van der Waals surface area contributed by atoms with E-state index in [1.807, 2.05) is 0 Å². The molecule has 0 aliphatic heterocycles. The number of carbonyl (C=O) groups excluding carboxylic acids is 2. The van der Waals surface area contributed by atoms with Gasteiger partial charge < -0.3 is 10.1 Å². The molecule has 9 heteroatoms. The molecule has 0 unspecified atom stereocenters. The van der Waals surface area contributed by atoms with Gasteiger partial charge in [0.1, 0.15) is 9.90 Å². The molecule has 19 heavy (non-hydrogen) atoms. The average molecular weight is 298 g/mol. The summed E-state index contributed by atoms with van der Waals surface area (Å²) in [5.41, 5.74) is 0.461. The van der Waals surface area contributed by atoms with Crippen molar-refractivity contribution in [1.29, 1.82) is 0 Å². The quantitative estimate of drug-likeness (QED) is 0.639. The molecule has 0 radical (unpaired) electrons. The van der Waals surface area contributed by atoms with Crippen LogP contribution in [0.2, 0.25) is 0 Å². The Balaban J connectivity index is 1.92. The lowest BCUT2D eigenvalue weighted by Crippen LogP contribution is -2.15. The van der Waals surface area contributed by atoms with Gasteiger partial charge in [0.15, 0.2) is 0 Å². The fraction of sp³-hybridized carbons (Fsp3) is 0.200. The summed E-state index contributed by atoms with van der Waals surface area (Å²) in [4.78, 5) is 23.5. The second kappa shape index (κ2) is 6.34. The molecule has 0 saturated heterocycles. The lowest BCUT2D eigenvalue weighted by Gasteiger charge is -2.04. The molecule has 0 saturated carbocycles. The highest BCUT2D eigenvalue weighted by Crippen LogP contribution is 2.23. The minimum absolute atomic E-state index is 0.184. The van der Waals surface area contributed by atoms with Crippen molar-refractivity contribution in [2.24, 2.45) is 0 Å². The molecule has 2 aromatic heterocycles. The predicted molar refractivity (Wildman–Crippen MR) is 71.4 cm³/mol. The Morgan fingerprint density at radius 1 is 1.58 bits per heavy atom. The van der Waals surface area contributed by atoms with E-state index in [0.29, 0.717) is 15.6 Å².